The van der Waals surface area contributed by atoms with E-state index < -0.39 is 38.1 Å². The fourth-order valence-corrected chi connectivity index (χ4v) is 7.59. The number of nitrogens with zero attached hydrogens (tertiary/aromatic N) is 2. The van der Waals surface area contributed by atoms with E-state index >= 15 is 0 Å². The maximum atomic E-state index is 13.6. The first-order valence-corrected chi connectivity index (χ1v) is 16.5. The van der Waals surface area contributed by atoms with Gasteiger partial charge in [-0.05, 0) is 55.6 Å². The monoisotopic (exact) mass is 607 g/mol. The fraction of sp³-hybridized carbons (Fsp3) is 0.370. The molecular formula is C27H33N3O7S3. The molecule has 4 rings (SSSR count). The average molecular weight is 608 g/mol. The van der Waals surface area contributed by atoms with Crippen molar-refractivity contribution in [3.63, 3.8) is 0 Å². The molecule has 0 radical (unpaired) electrons. The molecule has 2 heterocycles. The first-order valence-electron chi connectivity index (χ1n) is 12.7. The van der Waals surface area contributed by atoms with Crippen molar-refractivity contribution in [3.05, 3.63) is 71.1 Å². The lowest BCUT2D eigenvalue weighted by atomic mass is 9.99. The molecule has 0 saturated carbocycles. The van der Waals surface area contributed by atoms with Crippen LogP contribution in [0.2, 0.25) is 0 Å². The molecule has 0 fully saturated rings. The van der Waals surface area contributed by atoms with Crippen LogP contribution in [0.4, 0.5) is 5.69 Å². The summed E-state index contributed by atoms with van der Waals surface area (Å²) in [5.41, 5.74) is 1.22. The summed E-state index contributed by atoms with van der Waals surface area (Å²) >= 11 is 1.07. The van der Waals surface area contributed by atoms with Gasteiger partial charge in [-0.3, -0.25) is 9.52 Å². The molecule has 0 aliphatic carbocycles. The number of carbonyl (C=O) groups is 1. The van der Waals surface area contributed by atoms with E-state index in [-0.39, 0.29) is 51.7 Å². The predicted molar refractivity (Wildman–Crippen MR) is 154 cm³/mol. The van der Waals surface area contributed by atoms with Crippen LogP contribution in [0.1, 0.15) is 29.8 Å². The minimum Gasteiger partial charge on any atom is -0.488 e. The molecule has 3 atom stereocenters. The van der Waals surface area contributed by atoms with E-state index in [4.69, 9.17) is 4.74 Å². The Hall–Kier alpha value is -2.97. The Morgan fingerprint density at radius 3 is 2.48 bits per heavy atom. The number of anilines is 1. The van der Waals surface area contributed by atoms with Gasteiger partial charge in [-0.2, -0.15) is 4.31 Å². The number of ether oxygens (including phenoxy) is 1. The minimum atomic E-state index is -3.86. The van der Waals surface area contributed by atoms with Gasteiger partial charge >= 0.3 is 0 Å². The normalized spacial score (nSPS) is 18.9. The lowest BCUT2D eigenvalue weighted by molar-refractivity contribution is 0.0387. The Labute approximate surface area is 239 Å². The van der Waals surface area contributed by atoms with Crippen molar-refractivity contribution in [2.45, 2.75) is 42.0 Å². The van der Waals surface area contributed by atoms with Crippen molar-refractivity contribution in [2.75, 3.05) is 31.5 Å². The fourth-order valence-electron chi connectivity index (χ4n) is 4.37. The highest BCUT2D eigenvalue weighted by atomic mass is 32.2. The van der Waals surface area contributed by atoms with Gasteiger partial charge < -0.3 is 14.7 Å². The Bertz CT molecular complexity index is 1560. The SMILES string of the molecule is Cc1ccc(S(=O)(=O)N(C)C[C@H]2Oc3ccc(NS(=O)(=O)c4cccs4)cc3C(=O)N([C@H](C)CO)C[C@H]2C)cc1. The molecule has 40 heavy (non-hydrogen) atoms. The number of rotatable bonds is 9. The molecule has 2 aromatic carbocycles. The Kier molecular flexibility index (Phi) is 8.90. The van der Waals surface area contributed by atoms with E-state index in [2.05, 4.69) is 4.72 Å². The summed E-state index contributed by atoms with van der Waals surface area (Å²) in [4.78, 5) is 15.3. The third kappa shape index (κ3) is 6.33. The van der Waals surface area contributed by atoms with Crippen LogP contribution in [0, 0.1) is 12.8 Å². The van der Waals surface area contributed by atoms with Gasteiger partial charge in [-0.1, -0.05) is 30.7 Å². The molecule has 216 valence electrons. The summed E-state index contributed by atoms with van der Waals surface area (Å²) < 4.78 is 62.2. The van der Waals surface area contributed by atoms with Crippen molar-refractivity contribution in [1.82, 2.24) is 9.21 Å². The number of hydrogen-bond donors (Lipinski definition) is 2. The molecule has 1 aromatic heterocycles. The number of amides is 1. The largest absolute Gasteiger partial charge is 0.488 e. The third-order valence-electron chi connectivity index (χ3n) is 6.84. The zero-order chi connectivity index (χ0) is 29.2. The molecule has 0 bridgehead atoms. The summed E-state index contributed by atoms with van der Waals surface area (Å²) in [6.07, 6.45) is -0.654. The smallest absolute Gasteiger partial charge is 0.271 e. The van der Waals surface area contributed by atoms with Gasteiger partial charge in [-0.25, -0.2) is 16.8 Å². The molecule has 3 aromatic rings. The Balaban J connectivity index is 1.68. The van der Waals surface area contributed by atoms with Crippen LogP contribution in [-0.4, -0.2) is 75.9 Å². The van der Waals surface area contributed by atoms with Gasteiger partial charge in [0.1, 0.15) is 16.1 Å². The number of hydrogen-bond acceptors (Lipinski definition) is 8. The van der Waals surface area contributed by atoms with Crippen molar-refractivity contribution < 1.29 is 31.5 Å². The van der Waals surface area contributed by atoms with Crippen LogP contribution < -0.4 is 9.46 Å². The topological polar surface area (TPSA) is 133 Å². The second kappa shape index (κ2) is 11.9. The quantitative estimate of drug-likeness (QED) is 0.381. The average Bonchev–Trinajstić information content (AvgIpc) is 3.47. The van der Waals surface area contributed by atoms with E-state index in [0.717, 1.165) is 16.9 Å². The number of aryl methyl sites for hydroxylation is 1. The van der Waals surface area contributed by atoms with Crippen LogP contribution in [0.5, 0.6) is 5.75 Å². The highest BCUT2D eigenvalue weighted by molar-refractivity contribution is 7.94. The van der Waals surface area contributed by atoms with Crippen molar-refractivity contribution in [2.24, 2.45) is 5.92 Å². The van der Waals surface area contributed by atoms with Crippen LogP contribution in [-0.2, 0) is 20.0 Å². The van der Waals surface area contributed by atoms with Crippen LogP contribution in [0.25, 0.3) is 0 Å². The molecular weight excluding hydrogens is 575 g/mol. The molecule has 1 aliphatic rings. The number of thiophene rings is 1. The Morgan fingerprint density at radius 1 is 1.15 bits per heavy atom. The summed E-state index contributed by atoms with van der Waals surface area (Å²) in [5.74, 6) is -0.546. The first kappa shape index (κ1) is 30.0. The van der Waals surface area contributed by atoms with Gasteiger partial charge in [0.25, 0.3) is 15.9 Å². The maximum absolute atomic E-state index is 13.6. The number of sulfonamides is 2. The van der Waals surface area contributed by atoms with Gasteiger partial charge in [-0.15, -0.1) is 11.3 Å². The van der Waals surface area contributed by atoms with Crippen molar-refractivity contribution >= 4 is 43.0 Å². The van der Waals surface area contributed by atoms with Crippen LogP contribution >= 0.6 is 11.3 Å². The molecule has 13 heteroatoms. The molecule has 1 aliphatic heterocycles. The zero-order valence-electron chi connectivity index (χ0n) is 22.6. The second-order valence-corrected chi connectivity index (χ2v) is 14.9. The highest BCUT2D eigenvalue weighted by Crippen LogP contribution is 2.32. The van der Waals surface area contributed by atoms with E-state index in [1.165, 1.54) is 40.5 Å². The highest BCUT2D eigenvalue weighted by Gasteiger charge is 2.35. The number of nitrogens with one attached hydrogen (secondary N) is 1. The molecule has 0 spiro atoms. The maximum Gasteiger partial charge on any atom is 0.271 e. The molecule has 2 N–H and O–H groups in total. The molecule has 0 unspecified atom stereocenters. The van der Waals surface area contributed by atoms with Crippen LogP contribution in [0.3, 0.4) is 0 Å². The number of aliphatic hydroxyl groups is 1. The number of likely N-dealkylation sites (N-methyl/N-ethyl adjacent to an activating group) is 1. The van der Waals surface area contributed by atoms with Crippen molar-refractivity contribution in [1.29, 1.82) is 0 Å². The minimum absolute atomic E-state index is 0.000882. The lowest BCUT2D eigenvalue weighted by Crippen LogP contribution is -2.50. The third-order valence-corrected chi connectivity index (χ3v) is 11.5. The zero-order valence-corrected chi connectivity index (χ0v) is 25.1. The van der Waals surface area contributed by atoms with Gasteiger partial charge in [0.05, 0.1) is 29.7 Å². The lowest BCUT2D eigenvalue weighted by Gasteiger charge is -2.38. The number of benzene rings is 2. The number of fused-ring (bicyclic) bond motifs is 1. The summed E-state index contributed by atoms with van der Waals surface area (Å²) in [5, 5.41) is 11.5. The summed E-state index contributed by atoms with van der Waals surface area (Å²) in [6, 6.07) is 13.5. The Morgan fingerprint density at radius 2 is 1.85 bits per heavy atom. The number of carbonyl (C=O) groups excluding carboxylic acids is 1. The predicted octanol–water partition coefficient (Wildman–Crippen LogP) is 3.40. The van der Waals surface area contributed by atoms with Crippen molar-refractivity contribution in [3.8, 4) is 5.75 Å². The first-order chi connectivity index (χ1) is 18.8. The molecule has 10 nitrogen and oxygen atoms in total. The van der Waals surface area contributed by atoms with Gasteiger partial charge in [0.15, 0.2) is 0 Å². The summed E-state index contributed by atoms with van der Waals surface area (Å²) in [7, 11) is -6.19. The standard InChI is InChI=1S/C27H33N3O7S3/c1-18-7-10-22(11-8-18)40(35,36)29(4)16-25-19(2)15-30(20(3)17-31)27(32)23-14-21(9-12-24(23)37-25)28-39(33,34)26-6-5-13-38-26/h5-14,19-20,25,28,31H,15-17H2,1-4H3/t19-,20-,25-/m1/s1. The molecule has 0 saturated heterocycles. The number of aliphatic hydroxyl groups excluding tert-OH is 1. The van der Waals surface area contributed by atoms with E-state index in [1.54, 1.807) is 42.6 Å². The van der Waals surface area contributed by atoms with E-state index in [1.807, 2.05) is 13.8 Å². The molecule has 1 amide bonds. The second-order valence-electron chi connectivity index (χ2n) is 9.97. The van der Waals surface area contributed by atoms with Gasteiger partial charge in [0.2, 0.25) is 10.0 Å². The van der Waals surface area contributed by atoms with E-state index in [0.29, 0.717) is 0 Å². The van der Waals surface area contributed by atoms with Gasteiger partial charge in [0, 0.05) is 25.2 Å². The van der Waals surface area contributed by atoms with Crippen LogP contribution in [0.15, 0.2) is 69.1 Å². The van der Waals surface area contributed by atoms with E-state index in [9.17, 15) is 26.7 Å². The summed E-state index contributed by atoms with van der Waals surface area (Å²) in [6.45, 7) is 5.34.